The Hall–Kier alpha value is -2.47. The van der Waals surface area contributed by atoms with E-state index in [1.54, 1.807) is 47.5 Å². The van der Waals surface area contributed by atoms with Crippen LogP contribution >= 0.6 is 0 Å². The molecule has 2 aromatic rings. The molecule has 0 aromatic carbocycles. The van der Waals surface area contributed by atoms with Crippen molar-refractivity contribution in [2.45, 2.75) is 0 Å². The molecule has 0 atom stereocenters. The molecule has 0 spiro atoms. The average Bonchev–Trinajstić information content (AvgIpc) is 2.93. The van der Waals surface area contributed by atoms with Crippen LogP contribution in [-0.2, 0) is 4.79 Å². The van der Waals surface area contributed by atoms with E-state index in [-0.39, 0.29) is 12.5 Å². The largest absolute Gasteiger partial charge is 0.322 e. The monoisotopic (exact) mass is 257 g/mol. The van der Waals surface area contributed by atoms with Gasteiger partial charge in [0.15, 0.2) is 5.82 Å². The number of anilines is 1. The van der Waals surface area contributed by atoms with E-state index in [9.17, 15) is 4.79 Å². The van der Waals surface area contributed by atoms with E-state index >= 15 is 0 Å². The van der Waals surface area contributed by atoms with Crippen LogP contribution in [0.3, 0.4) is 0 Å². The van der Waals surface area contributed by atoms with Crippen molar-refractivity contribution in [3.05, 3.63) is 49.4 Å². The molecule has 0 fully saturated rings. The Morgan fingerprint density at radius 1 is 1.42 bits per heavy atom. The number of nitrogens with zero attached hydrogens (tertiary/aromatic N) is 3. The lowest BCUT2D eigenvalue weighted by Crippen LogP contribution is -2.28. The summed E-state index contributed by atoms with van der Waals surface area (Å²) in [4.78, 5) is 16.0. The van der Waals surface area contributed by atoms with Crippen LogP contribution in [0, 0.1) is 0 Å². The second-order valence-electron chi connectivity index (χ2n) is 3.79. The van der Waals surface area contributed by atoms with Gasteiger partial charge in [-0.05, 0) is 18.2 Å². The fourth-order valence-corrected chi connectivity index (χ4v) is 1.55. The topological polar surface area (TPSA) is 71.8 Å². The number of carbonyl (C=O) groups excluding carboxylic acids is 1. The molecule has 0 bridgehead atoms. The highest BCUT2D eigenvalue weighted by Gasteiger charge is 2.08. The lowest BCUT2D eigenvalue weighted by Gasteiger charge is -2.10. The van der Waals surface area contributed by atoms with Crippen molar-refractivity contribution in [3.63, 3.8) is 0 Å². The van der Waals surface area contributed by atoms with E-state index in [1.807, 2.05) is 0 Å². The molecule has 2 heterocycles. The van der Waals surface area contributed by atoms with Crippen LogP contribution in [0.15, 0.2) is 49.4 Å². The smallest absolute Gasteiger partial charge is 0.238 e. The van der Waals surface area contributed by atoms with Gasteiger partial charge in [0.05, 0.1) is 12.2 Å². The van der Waals surface area contributed by atoms with Crippen molar-refractivity contribution in [2.24, 2.45) is 0 Å². The molecular formula is C13H15N5O. The van der Waals surface area contributed by atoms with Gasteiger partial charge in [0.1, 0.15) is 0 Å². The molecule has 6 heteroatoms. The Kier molecular flexibility index (Phi) is 4.41. The molecule has 1 amide bonds. The Morgan fingerprint density at radius 3 is 3.05 bits per heavy atom. The molecule has 2 aromatic heterocycles. The zero-order chi connectivity index (χ0) is 13.5. The summed E-state index contributed by atoms with van der Waals surface area (Å²) in [5, 5.41) is 9.84. The van der Waals surface area contributed by atoms with Crippen LogP contribution in [0.4, 0.5) is 5.69 Å². The first-order chi connectivity index (χ1) is 9.31. The van der Waals surface area contributed by atoms with E-state index in [1.165, 1.54) is 0 Å². The van der Waals surface area contributed by atoms with Crippen LogP contribution in [0.25, 0.3) is 5.82 Å². The quantitative estimate of drug-likeness (QED) is 0.598. The minimum Gasteiger partial charge on any atom is -0.322 e. The van der Waals surface area contributed by atoms with Gasteiger partial charge in [-0.1, -0.05) is 6.08 Å². The number of pyridine rings is 1. The summed E-state index contributed by atoms with van der Waals surface area (Å²) in [5.74, 6) is 0.452. The summed E-state index contributed by atoms with van der Waals surface area (Å²) in [5.41, 5.74) is 0.622. The number of rotatable bonds is 6. The van der Waals surface area contributed by atoms with Gasteiger partial charge in [0.2, 0.25) is 5.91 Å². The zero-order valence-corrected chi connectivity index (χ0v) is 10.4. The van der Waals surface area contributed by atoms with E-state index in [4.69, 9.17) is 0 Å². The third-order valence-electron chi connectivity index (χ3n) is 2.36. The second-order valence-corrected chi connectivity index (χ2v) is 3.79. The van der Waals surface area contributed by atoms with Crippen LogP contribution in [0.1, 0.15) is 0 Å². The molecule has 6 nitrogen and oxygen atoms in total. The van der Waals surface area contributed by atoms with E-state index in [0.29, 0.717) is 18.1 Å². The van der Waals surface area contributed by atoms with Crippen molar-refractivity contribution in [3.8, 4) is 5.82 Å². The first kappa shape index (κ1) is 13.0. The lowest BCUT2D eigenvalue weighted by molar-refractivity contribution is -0.115. The predicted molar refractivity (Wildman–Crippen MR) is 73.1 cm³/mol. The van der Waals surface area contributed by atoms with Crippen LogP contribution in [0.2, 0.25) is 0 Å². The maximum atomic E-state index is 11.7. The first-order valence-electron chi connectivity index (χ1n) is 5.88. The number of hydrogen-bond acceptors (Lipinski definition) is 4. The van der Waals surface area contributed by atoms with Crippen LogP contribution in [0.5, 0.6) is 0 Å². The zero-order valence-electron chi connectivity index (χ0n) is 10.4. The summed E-state index contributed by atoms with van der Waals surface area (Å²) in [6.45, 7) is 4.39. The summed E-state index contributed by atoms with van der Waals surface area (Å²) >= 11 is 0. The van der Waals surface area contributed by atoms with Gasteiger partial charge in [0.25, 0.3) is 0 Å². The second kappa shape index (κ2) is 6.46. The van der Waals surface area contributed by atoms with Crippen molar-refractivity contribution >= 4 is 11.6 Å². The molecule has 98 valence electrons. The maximum absolute atomic E-state index is 11.7. The van der Waals surface area contributed by atoms with Crippen molar-refractivity contribution in [2.75, 3.05) is 18.4 Å². The van der Waals surface area contributed by atoms with Crippen LogP contribution < -0.4 is 10.6 Å². The number of carbonyl (C=O) groups is 1. The third-order valence-corrected chi connectivity index (χ3v) is 2.36. The molecule has 0 aliphatic carbocycles. The predicted octanol–water partition coefficient (Wildman–Crippen LogP) is 0.981. The SMILES string of the molecule is C=CCNCC(=O)Nc1cccnc1-n1cccn1. The van der Waals surface area contributed by atoms with Gasteiger partial charge in [0, 0.05) is 25.1 Å². The third kappa shape index (κ3) is 3.49. The highest BCUT2D eigenvalue weighted by molar-refractivity contribution is 5.93. The molecule has 0 aliphatic heterocycles. The fraction of sp³-hybridized carbons (Fsp3) is 0.154. The molecule has 2 N–H and O–H groups in total. The Labute approximate surface area is 111 Å². The van der Waals surface area contributed by atoms with Crippen molar-refractivity contribution in [1.82, 2.24) is 20.1 Å². The number of nitrogens with one attached hydrogen (secondary N) is 2. The molecule has 0 aliphatic rings. The Bertz CT molecular complexity index is 550. The molecule has 19 heavy (non-hydrogen) atoms. The number of hydrogen-bond donors (Lipinski definition) is 2. The number of aromatic nitrogens is 3. The summed E-state index contributed by atoms with van der Waals surface area (Å²) < 4.78 is 1.60. The number of amides is 1. The highest BCUT2D eigenvalue weighted by Crippen LogP contribution is 2.15. The van der Waals surface area contributed by atoms with E-state index in [2.05, 4.69) is 27.3 Å². The van der Waals surface area contributed by atoms with Crippen LogP contribution in [-0.4, -0.2) is 33.8 Å². The fourth-order valence-electron chi connectivity index (χ4n) is 1.55. The van der Waals surface area contributed by atoms with Gasteiger partial charge in [-0.25, -0.2) is 9.67 Å². The lowest BCUT2D eigenvalue weighted by atomic mass is 10.3. The van der Waals surface area contributed by atoms with E-state index < -0.39 is 0 Å². The van der Waals surface area contributed by atoms with Gasteiger partial charge in [-0.15, -0.1) is 6.58 Å². The molecule has 0 radical (unpaired) electrons. The maximum Gasteiger partial charge on any atom is 0.238 e. The highest BCUT2D eigenvalue weighted by atomic mass is 16.1. The summed E-state index contributed by atoms with van der Waals surface area (Å²) in [7, 11) is 0. The molecule has 2 rings (SSSR count). The van der Waals surface area contributed by atoms with Gasteiger partial charge >= 0.3 is 0 Å². The van der Waals surface area contributed by atoms with Gasteiger partial charge in [-0.3, -0.25) is 4.79 Å². The molecular weight excluding hydrogens is 242 g/mol. The Balaban J connectivity index is 2.08. The van der Waals surface area contributed by atoms with Crippen molar-refractivity contribution in [1.29, 1.82) is 0 Å². The summed E-state index contributed by atoms with van der Waals surface area (Å²) in [6, 6.07) is 5.35. The molecule has 0 unspecified atom stereocenters. The molecule has 0 saturated heterocycles. The average molecular weight is 257 g/mol. The van der Waals surface area contributed by atoms with E-state index in [0.717, 1.165) is 0 Å². The minimum atomic E-state index is -0.136. The molecule has 0 saturated carbocycles. The summed E-state index contributed by atoms with van der Waals surface area (Å²) in [6.07, 6.45) is 6.79. The van der Waals surface area contributed by atoms with Gasteiger partial charge in [-0.2, -0.15) is 5.10 Å². The van der Waals surface area contributed by atoms with Gasteiger partial charge < -0.3 is 10.6 Å². The van der Waals surface area contributed by atoms with Crippen molar-refractivity contribution < 1.29 is 4.79 Å². The standard InChI is InChI=1S/C13H15N5O/c1-2-6-14-10-12(19)17-11-5-3-7-15-13(11)18-9-4-8-16-18/h2-5,7-9,14H,1,6,10H2,(H,17,19). The normalized spacial score (nSPS) is 10.1. The Morgan fingerprint density at radius 2 is 2.32 bits per heavy atom. The first-order valence-corrected chi connectivity index (χ1v) is 5.88. The minimum absolute atomic E-state index is 0.136.